The van der Waals surface area contributed by atoms with Crippen LogP contribution in [0.25, 0.3) is 11.1 Å². The van der Waals surface area contributed by atoms with E-state index in [1.165, 1.54) is 22.3 Å². The molecule has 2 aliphatic carbocycles. The largest absolute Gasteiger partial charge is 0.481 e. The summed E-state index contributed by atoms with van der Waals surface area (Å²) >= 11 is 0. The van der Waals surface area contributed by atoms with Crippen LogP contribution in [0.3, 0.4) is 0 Å². The van der Waals surface area contributed by atoms with Gasteiger partial charge in [0.25, 0.3) is 0 Å². The van der Waals surface area contributed by atoms with Crippen LogP contribution >= 0.6 is 0 Å². The van der Waals surface area contributed by atoms with Crippen molar-refractivity contribution in [3.05, 3.63) is 59.7 Å². The fourth-order valence-corrected chi connectivity index (χ4v) is 5.33. The van der Waals surface area contributed by atoms with Crippen LogP contribution in [0.4, 0.5) is 4.79 Å². The molecule has 0 heterocycles. The van der Waals surface area contributed by atoms with Crippen LogP contribution in [0.1, 0.15) is 56.1 Å². The van der Waals surface area contributed by atoms with E-state index in [0.717, 1.165) is 25.7 Å². The Morgan fingerprint density at radius 2 is 1.60 bits per heavy atom. The van der Waals surface area contributed by atoms with Gasteiger partial charge in [-0.05, 0) is 47.4 Å². The second kappa shape index (κ2) is 11.4. The van der Waals surface area contributed by atoms with E-state index in [-0.39, 0.29) is 30.3 Å². The first-order valence-corrected chi connectivity index (χ1v) is 12.5. The average Bonchev–Trinajstić information content (AvgIpc) is 3.20. The highest BCUT2D eigenvalue weighted by Gasteiger charge is 2.32. The molecule has 1 saturated carbocycles. The number of fused-ring (bicyclic) bond motifs is 3. The molecule has 1 unspecified atom stereocenters. The summed E-state index contributed by atoms with van der Waals surface area (Å²) in [6.07, 6.45) is 3.58. The Bertz CT molecular complexity index is 1020. The highest BCUT2D eigenvalue weighted by atomic mass is 16.5. The molecule has 35 heavy (non-hydrogen) atoms. The molecule has 7 nitrogen and oxygen atoms in total. The molecule has 0 aromatic heterocycles. The molecule has 4 rings (SSSR count). The number of ether oxygens (including phenoxy) is 1. The molecule has 0 saturated heterocycles. The Balaban J connectivity index is 1.28. The van der Waals surface area contributed by atoms with E-state index in [4.69, 9.17) is 9.84 Å². The molecule has 0 radical (unpaired) electrons. The number of alkyl carbamates (subject to hydrolysis) is 1. The van der Waals surface area contributed by atoms with Crippen molar-refractivity contribution in [2.24, 2.45) is 17.8 Å². The van der Waals surface area contributed by atoms with E-state index in [2.05, 4.69) is 34.9 Å². The van der Waals surface area contributed by atoms with Crippen LogP contribution in [0.15, 0.2) is 48.5 Å². The summed E-state index contributed by atoms with van der Waals surface area (Å²) in [4.78, 5) is 36.3. The number of aliphatic carboxylic acids is 1. The summed E-state index contributed by atoms with van der Waals surface area (Å²) in [5.74, 6) is -1.54. The number of carbonyl (C=O) groups excluding carboxylic acids is 2. The number of carbonyl (C=O) groups is 3. The minimum atomic E-state index is -0.859. The highest BCUT2D eigenvalue weighted by molar-refractivity contribution is 5.80. The van der Waals surface area contributed by atoms with Gasteiger partial charge in [0.2, 0.25) is 5.91 Å². The number of amides is 2. The zero-order valence-corrected chi connectivity index (χ0v) is 20.2. The topological polar surface area (TPSA) is 105 Å². The highest BCUT2D eigenvalue weighted by Crippen LogP contribution is 2.44. The summed E-state index contributed by atoms with van der Waals surface area (Å²) in [5, 5.41) is 14.8. The van der Waals surface area contributed by atoms with Crippen LogP contribution in [0, 0.1) is 17.8 Å². The minimum absolute atomic E-state index is 0.00884. The third-order valence-corrected chi connectivity index (χ3v) is 7.40. The maximum Gasteiger partial charge on any atom is 0.407 e. The molecule has 3 atom stereocenters. The predicted molar refractivity (Wildman–Crippen MR) is 133 cm³/mol. The first-order valence-electron chi connectivity index (χ1n) is 12.5. The average molecular weight is 479 g/mol. The van der Waals surface area contributed by atoms with Crippen LogP contribution < -0.4 is 10.6 Å². The van der Waals surface area contributed by atoms with Gasteiger partial charge >= 0.3 is 12.1 Å². The molecule has 0 bridgehead atoms. The number of hydrogen-bond donors (Lipinski definition) is 3. The van der Waals surface area contributed by atoms with E-state index in [9.17, 15) is 14.4 Å². The second-order valence-corrected chi connectivity index (χ2v) is 9.68. The zero-order valence-electron chi connectivity index (χ0n) is 20.2. The van der Waals surface area contributed by atoms with Crippen LogP contribution in [-0.2, 0) is 14.3 Å². The smallest absolute Gasteiger partial charge is 0.407 e. The lowest BCUT2D eigenvalue weighted by Gasteiger charge is -2.30. The van der Waals surface area contributed by atoms with Crippen LogP contribution in [0.5, 0.6) is 0 Å². The molecular formula is C28H34N2O5. The SMILES string of the molecule is CC(CCNC(=O)[C@@H]1CCCC[C@@H]1CNC(=O)OCC1c2ccccc2-c2ccccc21)C(=O)O. The van der Waals surface area contributed by atoms with Crippen molar-refractivity contribution < 1.29 is 24.2 Å². The normalized spacial score (nSPS) is 19.8. The van der Waals surface area contributed by atoms with Crippen LogP contribution in [-0.4, -0.2) is 42.8 Å². The van der Waals surface area contributed by atoms with Crippen molar-refractivity contribution >= 4 is 18.0 Å². The third-order valence-electron chi connectivity index (χ3n) is 7.40. The summed E-state index contributed by atoms with van der Waals surface area (Å²) in [6, 6.07) is 16.4. The maximum absolute atomic E-state index is 12.7. The predicted octanol–water partition coefficient (Wildman–Crippen LogP) is 4.56. The standard InChI is InChI=1S/C28H34N2O5/c1-18(27(32)33)14-15-29-26(31)20-9-3-2-8-19(20)16-30-28(34)35-17-25-23-12-6-4-10-21(23)22-11-5-7-13-24(22)25/h4-7,10-13,18-20,25H,2-3,8-9,14-17H2,1H3,(H,29,31)(H,30,34)(H,32,33)/t18?,19-,20-/m1/s1. The van der Waals surface area contributed by atoms with Gasteiger partial charge in [0.05, 0.1) is 5.92 Å². The number of hydrogen-bond acceptors (Lipinski definition) is 4. The van der Waals surface area contributed by atoms with Crippen molar-refractivity contribution in [3.8, 4) is 11.1 Å². The molecule has 2 aliphatic rings. The van der Waals surface area contributed by atoms with Gasteiger partial charge in [0.1, 0.15) is 6.61 Å². The summed E-state index contributed by atoms with van der Waals surface area (Å²) in [7, 11) is 0. The molecule has 0 aliphatic heterocycles. The fourth-order valence-electron chi connectivity index (χ4n) is 5.33. The van der Waals surface area contributed by atoms with Gasteiger partial charge in [0.15, 0.2) is 0 Å². The zero-order chi connectivity index (χ0) is 24.8. The number of nitrogens with one attached hydrogen (secondary N) is 2. The Morgan fingerprint density at radius 1 is 0.971 bits per heavy atom. The van der Waals surface area contributed by atoms with E-state index < -0.39 is 18.0 Å². The lowest BCUT2D eigenvalue weighted by molar-refractivity contribution is -0.141. The van der Waals surface area contributed by atoms with Crippen molar-refractivity contribution in [3.63, 3.8) is 0 Å². The Hall–Kier alpha value is -3.35. The van der Waals surface area contributed by atoms with Gasteiger partial charge in [-0.2, -0.15) is 0 Å². The lowest BCUT2D eigenvalue weighted by atomic mass is 9.78. The first-order chi connectivity index (χ1) is 17.0. The number of carboxylic acids is 1. The third kappa shape index (κ3) is 5.84. The van der Waals surface area contributed by atoms with Crippen molar-refractivity contribution in [2.45, 2.75) is 44.9 Å². The summed E-state index contributed by atoms with van der Waals surface area (Å²) in [5.41, 5.74) is 4.71. The van der Waals surface area contributed by atoms with Gasteiger partial charge in [-0.3, -0.25) is 9.59 Å². The first kappa shape index (κ1) is 24.8. The quantitative estimate of drug-likeness (QED) is 0.490. The number of rotatable bonds is 9. The molecule has 186 valence electrons. The number of benzene rings is 2. The maximum atomic E-state index is 12.7. The van der Waals surface area contributed by atoms with E-state index in [0.29, 0.717) is 19.5 Å². The Morgan fingerprint density at radius 3 is 2.26 bits per heavy atom. The van der Waals surface area contributed by atoms with Crippen molar-refractivity contribution in [1.29, 1.82) is 0 Å². The second-order valence-electron chi connectivity index (χ2n) is 9.68. The van der Waals surface area contributed by atoms with Crippen LogP contribution in [0.2, 0.25) is 0 Å². The summed E-state index contributed by atoms with van der Waals surface area (Å²) < 4.78 is 5.63. The molecule has 7 heteroatoms. The lowest BCUT2D eigenvalue weighted by Crippen LogP contribution is -2.42. The number of carboxylic acid groups (broad SMARTS) is 1. The van der Waals surface area contributed by atoms with E-state index in [1.807, 2.05) is 24.3 Å². The minimum Gasteiger partial charge on any atom is -0.481 e. The Labute approximate surface area is 206 Å². The van der Waals surface area contributed by atoms with Gasteiger partial charge in [-0.1, -0.05) is 68.3 Å². The molecule has 2 aromatic rings. The van der Waals surface area contributed by atoms with Crippen molar-refractivity contribution in [1.82, 2.24) is 10.6 Å². The van der Waals surface area contributed by atoms with Gasteiger partial charge in [-0.15, -0.1) is 0 Å². The van der Waals surface area contributed by atoms with Gasteiger partial charge in [0, 0.05) is 24.9 Å². The molecule has 2 aromatic carbocycles. The molecule has 0 spiro atoms. The van der Waals surface area contributed by atoms with Gasteiger partial charge < -0.3 is 20.5 Å². The van der Waals surface area contributed by atoms with E-state index >= 15 is 0 Å². The van der Waals surface area contributed by atoms with E-state index in [1.54, 1.807) is 6.92 Å². The fraction of sp³-hybridized carbons (Fsp3) is 0.464. The van der Waals surface area contributed by atoms with Gasteiger partial charge in [-0.25, -0.2) is 4.79 Å². The molecule has 1 fully saturated rings. The van der Waals surface area contributed by atoms with Crippen molar-refractivity contribution in [2.75, 3.05) is 19.7 Å². The Kier molecular flexibility index (Phi) is 8.06. The monoisotopic (exact) mass is 478 g/mol. The molecular weight excluding hydrogens is 444 g/mol. The summed E-state index contributed by atoms with van der Waals surface area (Å²) in [6.45, 7) is 2.63. The molecule has 2 amide bonds. The molecule has 3 N–H and O–H groups in total.